The third kappa shape index (κ3) is 5.43. The van der Waals surface area contributed by atoms with Crippen molar-refractivity contribution in [3.63, 3.8) is 0 Å². The first-order valence-corrected chi connectivity index (χ1v) is 10.7. The normalized spacial score (nSPS) is 10.9. The van der Waals surface area contributed by atoms with Gasteiger partial charge in [0.1, 0.15) is 5.75 Å². The van der Waals surface area contributed by atoms with Gasteiger partial charge in [0.25, 0.3) is 5.91 Å². The predicted octanol–water partition coefficient (Wildman–Crippen LogP) is 5.69. The maximum absolute atomic E-state index is 12.6. The van der Waals surface area contributed by atoms with Crippen molar-refractivity contribution in [2.45, 2.75) is 20.2 Å². The number of aromatic nitrogens is 4. The molecule has 164 valence electrons. The molecule has 4 aromatic rings. The van der Waals surface area contributed by atoms with Gasteiger partial charge in [-0.2, -0.15) is 10.2 Å². The molecule has 4 rings (SSSR count). The first-order valence-electron chi connectivity index (χ1n) is 9.59. The third-order valence-corrected chi connectivity index (χ3v) is 5.33. The zero-order chi connectivity index (χ0) is 22.7. The van der Waals surface area contributed by atoms with Crippen molar-refractivity contribution in [2.24, 2.45) is 0 Å². The molecule has 10 heteroatoms. The Morgan fingerprint density at radius 2 is 1.84 bits per heavy atom. The average molecular weight is 491 g/mol. The molecule has 2 heterocycles. The number of rotatable bonds is 7. The fourth-order valence-electron chi connectivity index (χ4n) is 3.00. The molecule has 0 fully saturated rings. The Bertz CT molecular complexity index is 1270. The van der Waals surface area contributed by atoms with Crippen molar-refractivity contribution >= 4 is 46.5 Å². The van der Waals surface area contributed by atoms with Gasteiger partial charge in [-0.05, 0) is 48.9 Å². The van der Waals surface area contributed by atoms with Crippen molar-refractivity contribution < 1.29 is 9.53 Å². The number of ether oxygens (including phenoxy) is 1. The molecule has 7 nitrogen and oxygen atoms in total. The maximum atomic E-state index is 12.6. The van der Waals surface area contributed by atoms with Gasteiger partial charge in [0.15, 0.2) is 18.2 Å². The Kier molecular flexibility index (Phi) is 6.69. The lowest BCUT2D eigenvalue weighted by atomic mass is 10.2. The zero-order valence-corrected chi connectivity index (χ0v) is 19.2. The molecule has 0 aliphatic rings. The SMILES string of the molecule is Cc1cc(NC(=O)c2ccn(COc3ccc(Cl)cc3Cl)n2)nn1Cc1cccc(Cl)c1. The summed E-state index contributed by atoms with van der Waals surface area (Å²) in [5.41, 5.74) is 2.15. The van der Waals surface area contributed by atoms with E-state index in [2.05, 4.69) is 15.5 Å². The Hall–Kier alpha value is -3.00. The number of hydrogen-bond acceptors (Lipinski definition) is 4. The molecule has 0 saturated heterocycles. The van der Waals surface area contributed by atoms with Gasteiger partial charge >= 0.3 is 0 Å². The molecule has 0 bridgehead atoms. The number of nitrogens with one attached hydrogen (secondary N) is 1. The summed E-state index contributed by atoms with van der Waals surface area (Å²) in [5.74, 6) is 0.534. The Morgan fingerprint density at radius 1 is 1.03 bits per heavy atom. The lowest BCUT2D eigenvalue weighted by molar-refractivity contribution is 0.101. The highest BCUT2D eigenvalue weighted by molar-refractivity contribution is 6.35. The number of amides is 1. The van der Waals surface area contributed by atoms with Gasteiger partial charge in [-0.25, -0.2) is 4.68 Å². The van der Waals surface area contributed by atoms with Crippen LogP contribution in [0.4, 0.5) is 5.82 Å². The summed E-state index contributed by atoms with van der Waals surface area (Å²) in [6.07, 6.45) is 1.64. The molecular weight excluding hydrogens is 473 g/mol. The van der Waals surface area contributed by atoms with E-state index >= 15 is 0 Å². The van der Waals surface area contributed by atoms with Crippen LogP contribution in [0.25, 0.3) is 0 Å². The lowest BCUT2D eigenvalue weighted by Crippen LogP contribution is -2.15. The number of hydrogen-bond donors (Lipinski definition) is 1. The summed E-state index contributed by atoms with van der Waals surface area (Å²) in [4.78, 5) is 12.6. The van der Waals surface area contributed by atoms with Gasteiger partial charge in [0, 0.05) is 28.0 Å². The quantitative estimate of drug-likeness (QED) is 0.361. The van der Waals surface area contributed by atoms with Crippen molar-refractivity contribution in [1.82, 2.24) is 19.6 Å². The molecular formula is C22H18Cl3N5O2. The van der Waals surface area contributed by atoms with Gasteiger partial charge in [0.2, 0.25) is 0 Å². The van der Waals surface area contributed by atoms with Crippen LogP contribution < -0.4 is 10.1 Å². The number of aryl methyl sites for hydroxylation is 1. The fraction of sp³-hybridized carbons (Fsp3) is 0.136. The Balaban J connectivity index is 1.38. The molecule has 0 radical (unpaired) electrons. The summed E-state index contributed by atoms with van der Waals surface area (Å²) < 4.78 is 8.91. The minimum atomic E-state index is -0.374. The number of carbonyl (C=O) groups excluding carboxylic acids is 1. The standard InChI is InChI=1S/C22H18Cl3N5O2/c1-14-9-21(28-30(14)12-15-3-2-4-16(23)10-15)26-22(31)19-7-8-29(27-19)13-32-20-6-5-17(24)11-18(20)25/h2-11H,12-13H2,1H3,(H,26,28,31). The smallest absolute Gasteiger partial charge is 0.277 e. The summed E-state index contributed by atoms with van der Waals surface area (Å²) in [6, 6.07) is 15.9. The minimum absolute atomic E-state index is 0.0853. The van der Waals surface area contributed by atoms with E-state index in [4.69, 9.17) is 39.5 Å². The van der Waals surface area contributed by atoms with Crippen LogP contribution >= 0.6 is 34.8 Å². The predicted molar refractivity (Wildman–Crippen MR) is 125 cm³/mol. The van der Waals surface area contributed by atoms with Crippen molar-refractivity contribution in [2.75, 3.05) is 5.32 Å². The highest BCUT2D eigenvalue weighted by Gasteiger charge is 2.13. The van der Waals surface area contributed by atoms with Crippen LogP contribution in [0.5, 0.6) is 5.75 Å². The molecule has 1 N–H and O–H groups in total. The Labute approximate surface area is 199 Å². The molecule has 32 heavy (non-hydrogen) atoms. The van der Waals surface area contributed by atoms with Crippen LogP contribution in [0.2, 0.25) is 15.1 Å². The van der Waals surface area contributed by atoms with Crippen molar-refractivity contribution in [1.29, 1.82) is 0 Å². The first-order chi connectivity index (χ1) is 15.4. The second kappa shape index (κ2) is 9.65. The maximum Gasteiger partial charge on any atom is 0.277 e. The van der Waals surface area contributed by atoms with Crippen LogP contribution in [0.15, 0.2) is 60.8 Å². The number of carbonyl (C=O) groups is 1. The second-order valence-electron chi connectivity index (χ2n) is 7.00. The van der Waals surface area contributed by atoms with Crippen LogP contribution in [-0.4, -0.2) is 25.5 Å². The molecule has 0 aliphatic heterocycles. The van der Waals surface area contributed by atoms with E-state index in [-0.39, 0.29) is 18.3 Å². The number of anilines is 1. The molecule has 2 aromatic heterocycles. The fourth-order valence-corrected chi connectivity index (χ4v) is 3.68. The lowest BCUT2D eigenvalue weighted by Gasteiger charge is -2.08. The number of benzene rings is 2. The van der Waals surface area contributed by atoms with Gasteiger partial charge in [-0.15, -0.1) is 0 Å². The molecule has 0 unspecified atom stereocenters. The molecule has 2 aromatic carbocycles. The summed E-state index contributed by atoms with van der Waals surface area (Å²) in [5, 5.41) is 13.0. The third-order valence-electron chi connectivity index (χ3n) is 4.56. The molecule has 0 aliphatic carbocycles. The van der Waals surface area contributed by atoms with Crippen LogP contribution in [0, 0.1) is 6.92 Å². The van der Waals surface area contributed by atoms with E-state index in [0.717, 1.165) is 11.3 Å². The Morgan fingerprint density at radius 3 is 2.62 bits per heavy atom. The topological polar surface area (TPSA) is 74.0 Å². The monoisotopic (exact) mass is 489 g/mol. The van der Waals surface area contributed by atoms with Crippen molar-refractivity contribution in [3.8, 4) is 5.75 Å². The van der Waals surface area contributed by atoms with Gasteiger partial charge in [-0.3, -0.25) is 9.48 Å². The summed E-state index contributed by atoms with van der Waals surface area (Å²) in [6.45, 7) is 2.55. The van der Waals surface area contributed by atoms with Crippen LogP contribution in [0.1, 0.15) is 21.7 Å². The van der Waals surface area contributed by atoms with Gasteiger partial charge < -0.3 is 10.1 Å². The van der Waals surface area contributed by atoms with E-state index in [1.807, 2.05) is 31.2 Å². The average Bonchev–Trinajstić information content (AvgIpc) is 3.34. The van der Waals surface area contributed by atoms with Crippen LogP contribution in [-0.2, 0) is 13.3 Å². The first kappa shape index (κ1) is 22.2. The largest absolute Gasteiger partial charge is 0.470 e. The van der Waals surface area contributed by atoms with E-state index in [1.165, 1.54) is 4.68 Å². The summed E-state index contributed by atoms with van der Waals surface area (Å²) in [7, 11) is 0. The van der Waals surface area contributed by atoms with Crippen LogP contribution in [0.3, 0.4) is 0 Å². The zero-order valence-electron chi connectivity index (χ0n) is 16.9. The molecule has 0 atom stereocenters. The minimum Gasteiger partial charge on any atom is -0.470 e. The second-order valence-corrected chi connectivity index (χ2v) is 8.28. The van der Waals surface area contributed by atoms with E-state index < -0.39 is 0 Å². The van der Waals surface area contributed by atoms with E-state index in [1.54, 1.807) is 41.2 Å². The van der Waals surface area contributed by atoms with E-state index in [9.17, 15) is 4.79 Å². The number of halogens is 3. The molecule has 0 spiro atoms. The number of nitrogens with zero attached hydrogens (tertiary/aromatic N) is 4. The molecule has 1 amide bonds. The van der Waals surface area contributed by atoms with Gasteiger partial charge in [0.05, 0.1) is 11.6 Å². The summed E-state index contributed by atoms with van der Waals surface area (Å²) >= 11 is 18.0. The molecule has 0 saturated carbocycles. The van der Waals surface area contributed by atoms with Gasteiger partial charge in [-0.1, -0.05) is 46.9 Å². The van der Waals surface area contributed by atoms with E-state index in [0.29, 0.717) is 33.2 Å². The highest BCUT2D eigenvalue weighted by Crippen LogP contribution is 2.27. The van der Waals surface area contributed by atoms with Crippen molar-refractivity contribution in [3.05, 3.63) is 92.8 Å². The highest BCUT2D eigenvalue weighted by atomic mass is 35.5.